The molecule has 0 spiro atoms. The van der Waals surface area contributed by atoms with Crippen LogP contribution >= 0.6 is 0 Å². The molecule has 1 aromatic heterocycles. The lowest BCUT2D eigenvalue weighted by atomic mass is 9.70. The fourth-order valence-corrected chi connectivity index (χ4v) is 4.31. The van der Waals surface area contributed by atoms with Gasteiger partial charge in [-0.25, -0.2) is 0 Å². The summed E-state index contributed by atoms with van der Waals surface area (Å²) >= 11 is 0. The van der Waals surface area contributed by atoms with Gasteiger partial charge in [-0.2, -0.15) is 0 Å². The first-order chi connectivity index (χ1) is 14.0. The summed E-state index contributed by atoms with van der Waals surface area (Å²) in [4.78, 5) is 0. The van der Waals surface area contributed by atoms with Gasteiger partial charge in [0.2, 0.25) is 11.8 Å². The number of nitrogens with zero attached hydrogens (tertiary/aromatic N) is 2. The normalized spacial score (nSPS) is 22.1. The molecule has 1 aromatic carbocycles. The average molecular weight is 398 g/mol. The third-order valence-corrected chi connectivity index (χ3v) is 6.13. The largest absolute Gasteiger partial charge is 0.421 e. The third kappa shape index (κ3) is 5.77. The first-order valence-electron chi connectivity index (χ1n) is 10.7. The maximum atomic E-state index is 6.00. The van der Waals surface area contributed by atoms with E-state index in [1.807, 2.05) is 12.1 Å². The van der Waals surface area contributed by atoms with Gasteiger partial charge in [0.1, 0.15) is 0 Å². The molecule has 0 amide bonds. The van der Waals surface area contributed by atoms with Crippen LogP contribution in [0.15, 0.2) is 40.3 Å². The van der Waals surface area contributed by atoms with Crippen molar-refractivity contribution in [1.29, 1.82) is 0 Å². The van der Waals surface area contributed by atoms with Crippen molar-refractivity contribution >= 4 is 0 Å². The smallest absolute Gasteiger partial charge is 0.247 e. The van der Waals surface area contributed by atoms with Crippen LogP contribution in [0.2, 0.25) is 0 Å². The van der Waals surface area contributed by atoms with Gasteiger partial charge in [0.25, 0.3) is 0 Å². The number of benzene rings is 1. The molecule has 0 radical (unpaired) electrons. The maximum Gasteiger partial charge on any atom is 0.247 e. The molecule has 0 saturated heterocycles. The fourth-order valence-electron chi connectivity index (χ4n) is 4.31. The van der Waals surface area contributed by atoms with E-state index in [1.54, 1.807) is 7.11 Å². The van der Waals surface area contributed by atoms with Crippen molar-refractivity contribution in [2.45, 2.75) is 40.5 Å². The summed E-state index contributed by atoms with van der Waals surface area (Å²) in [6.07, 6.45) is 4.45. The molecule has 29 heavy (non-hydrogen) atoms. The van der Waals surface area contributed by atoms with E-state index in [-0.39, 0.29) is 0 Å². The van der Waals surface area contributed by atoms with Crippen LogP contribution < -0.4 is 5.32 Å². The Balaban J connectivity index is 1.67. The Morgan fingerprint density at radius 1 is 1.17 bits per heavy atom. The van der Waals surface area contributed by atoms with Gasteiger partial charge in [-0.15, -0.1) is 10.2 Å². The Kier molecular flexibility index (Phi) is 7.62. The van der Waals surface area contributed by atoms with Gasteiger partial charge in [-0.05, 0) is 56.1 Å². The zero-order valence-electron chi connectivity index (χ0n) is 18.4. The molecular formula is C24H35N3O2. The number of aryl methyl sites for hydroxylation is 1. The molecule has 158 valence electrons. The Hall–Kier alpha value is -1.98. The minimum Gasteiger partial charge on any atom is -0.421 e. The second-order valence-corrected chi connectivity index (χ2v) is 8.68. The lowest BCUT2D eigenvalue weighted by Crippen LogP contribution is -2.35. The molecule has 0 unspecified atom stereocenters. The predicted octanol–water partition coefficient (Wildman–Crippen LogP) is 4.68. The molecule has 5 nitrogen and oxygen atoms in total. The average Bonchev–Trinajstić information content (AvgIpc) is 3.16. The van der Waals surface area contributed by atoms with Crippen molar-refractivity contribution < 1.29 is 9.15 Å². The van der Waals surface area contributed by atoms with E-state index >= 15 is 0 Å². The van der Waals surface area contributed by atoms with E-state index in [0.29, 0.717) is 29.6 Å². The number of ether oxygens (including phenoxy) is 1. The maximum absolute atomic E-state index is 6.00. The van der Waals surface area contributed by atoms with Crippen LogP contribution in [0.1, 0.15) is 38.6 Å². The number of hydrogen-bond donors (Lipinski definition) is 1. The molecule has 5 heteroatoms. The molecule has 2 aromatic rings. The van der Waals surface area contributed by atoms with Crippen LogP contribution in [-0.2, 0) is 11.2 Å². The highest BCUT2D eigenvalue weighted by molar-refractivity contribution is 5.52. The van der Waals surface area contributed by atoms with Crippen molar-refractivity contribution in [2.24, 2.45) is 23.7 Å². The molecule has 1 aliphatic carbocycles. The monoisotopic (exact) mass is 397 g/mol. The molecule has 0 fully saturated rings. The number of aromatic nitrogens is 2. The summed E-state index contributed by atoms with van der Waals surface area (Å²) in [6, 6.07) is 8.21. The standard InChI is InChI=1S/C24H35N3O2/c1-16(2)22-13-20(18(4)12-21(22)15-25-10-11-28-5)14-23-26-27-24(29-23)19-8-6-17(3)7-9-19/h6-9,12,16,20-22,25H,10-11,13-15H2,1-5H3/t20-,21+,22+/m1/s1. The van der Waals surface area contributed by atoms with Gasteiger partial charge in [-0.3, -0.25) is 0 Å². The Labute approximate surface area is 174 Å². The van der Waals surface area contributed by atoms with E-state index in [1.165, 1.54) is 17.6 Å². The van der Waals surface area contributed by atoms with Crippen LogP contribution in [0.4, 0.5) is 0 Å². The van der Waals surface area contributed by atoms with Crippen molar-refractivity contribution in [3.05, 3.63) is 47.4 Å². The molecule has 0 saturated carbocycles. The molecule has 0 aliphatic heterocycles. The molecule has 1 aliphatic rings. The third-order valence-electron chi connectivity index (χ3n) is 6.13. The van der Waals surface area contributed by atoms with Crippen LogP contribution in [0.5, 0.6) is 0 Å². The molecule has 0 bridgehead atoms. The zero-order valence-corrected chi connectivity index (χ0v) is 18.4. The number of rotatable bonds is 9. The summed E-state index contributed by atoms with van der Waals surface area (Å²) in [7, 11) is 1.75. The Bertz CT molecular complexity index is 795. The van der Waals surface area contributed by atoms with E-state index in [9.17, 15) is 0 Å². The molecule has 1 N–H and O–H groups in total. The number of hydrogen-bond acceptors (Lipinski definition) is 5. The second kappa shape index (κ2) is 10.2. The van der Waals surface area contributed by atoms with Crippen molar-refractivity contribution in [3.63, 3.8) is 0 Å². The summed E-state index contributed by atoms with van der Waals surface area (Å²) < 4.78 is 11.1. The van der Waals surface area contributed by atoms with E-state index in [4.69, 9.17) is 9.15 Å². The van der Waals surface area contributed by atoms with Gasteiger partial charge >= 0.3 is 0 Å². The Morgan fingerprint density at radius 2 is 1.93 bits per heavy atom. The minimum absolute atomic E-state index is 0.462. The van der Waals surface area contributed by atoms with Crippen LogP contribution in [0, 0.1) is 30.6 Å². The van der Waals surface area contributed by atoms with E-state index < -0.39 is 0 Å². The van der Waals surface area contributed by atoms with Crippen LogP contribution in [0.25, 0.3) is 11.5 Å². The van der Waals surface area contributed by atoms with E-state index in [2.05, 4.69) is 61.4 Å². The van der Waals surface area contributed by atoms with Crippen LogP contribution in [-0.4, -0.2) is 37.0 Å². The molecule has 3 rings (SSSR count). The van der Waals surface area contributed by atoms with Gasteiger partial charge in [0.05, 0.1) is 6.61 Å². The van der Waals surface area contributed by atoms with Crippen molar-refractivity contribution in [3.8, 4) is 11.5 Å². The molecule has 1 heterocycles. The van der Waals surface area contributed by atoms with Crippen molar-refractivity contribution in [1.82, 2.24) is 15.5 Å². The van der Waals surface area contributed by atoms with Crippen molar-refractivity contribution in [2.75, 3.05) is 26.8 Å². The zero-order chi connectivity index (χ0) is 20.8. The first kappa shape index (κ1) is 21.7. The lowest BCUT2D eigenvalue weighted by molar-refractivity contribution is 0.188. The van der Waals surface area contributed by atoms with Gasteiger partial charge in [0, 0.05) is 32.2 Å². The quantitative estimate of drug-likeness (QED) is 0.492. The summed E-state index contributed by atoms with van der Waals surface area (Å²) in [5.41, 5.74) is 3.64. The SMILES string of the molecule is COCCNC[C@@H]1C=C(C)[C@@H](Cc2nnc(-c3ccc(C)cc3)o2)C[C@H]1C(C)C. The Morgan fingerprint density at radius 3 is 2.62 bits per heavy atom. The number of nitrogens with one attached hydrogen (secondary N) is 1. The molecular weight excluding hydrogens is 362 g/mol. The highest BCUT2D eigenvalue weighted by atomic mass is 16.5. The fraction of sp³-hybridized carbons (Fsp3) is 0.583. The highest BCUT2D eigenvalue weighted by Gasteiger charge is 2.32. The highest BCUT2D eigenvalue weighted by Crippen LogP contribution is 2.38. The topological polar surface area (TPSA) is 60.2 Å². The van der Waals surface area contributed by atoms with Gasteiger partial charge in [0.15, 0.2) is 0 Å². The number of allylic oxidation sites excluding steroid dienone is 1. The summed E-state index contributed by atoms with van der Waals surface area (Å²) in [6.45, 7) is 11.7. The lowest BCUT2D eigenvalue weighted by Gasteiger charge is -2.37. The van der Waals surface area contributed by atoms with Crippen LogP contribution in [0.3, 0.4) is 0 Å². The second-order valence-electron chi connectivity index (χ2n) is 8.68. The van der Waals surface area contributed by atoms with Gasteiger partial charge in [-0.1, -0.05) is 43.2 Å². The first-order valence-corrected chi connectivity index (χ1v) is 10.7. The minimum atomic E-state index is 0.462. The summed E-state index contributed by atoms with van der Waals surface area (Å²) in [5.74, 6) is 3.66. The van der Waals surface area contributed by atoms with Gasteiger partial charge < -0.3 is 14.5 Å². The predicted molar refractivity (Wildman–Crippen MR) is 117 cm³/mol. The molecule has 3 atom stereocenters. The number of methoxy groups -OCH3 is 1. The summed E-state index contributed by atoms with van der Waals surface area (Å²) in [5, 5.41) is 12.1. The van der Waals surface area contributed by atoms with E-state index in [0.717, 1.165) is 37.6 Å².